The highest BCUT2D eigenvalue weighted by Gasteiger charge is 2.33. The summed E-state index contributed by atoms with van der Waals surface area (Å²) in [6.45, 7) is 7.61. The van der Waals surface area contributed by atoms with Crippen molar-refractivity contribution in [3.05, 3.63) is 57.6 Å². The first kappa shape index (κ1) is 51.3. The van der Waals surface area contributed by atoms with Crippen LogP contribution in [-0.4, -0.2) is 130 Å². The number of fused-ring (bicyclic) bond motifs is 1. The second-order valence-electron chi connectivity index (χ2n) is 16.9. The number of hydrogen-bond donors (Lipinski definition) is 6. The second kappa shape index (κ2) is 25.2. The molecule has 1 aliphatic carbocycles. The minimum atomic E-state index is -1.28. The number of esters is 1. The van der Waals surface area contributed by atoms with Gasteiger partial charge in [0.05, 0.1) is 11.7 Å². The molecule has 5 atom stereocenters. The Kier molecular flexibility index (Phi) is 20.2. The van der Waals surface area contributed by atoms with Gasteiger partial charge < -0.3 is 46.1 Å². The van der Waals surface area contributed by atoms with Crippen LogP contribution >= 0.6 is 23.1 Å². The van der Waals surface area contributed by atoms with Gasteiger partial charge in [0.25, 0.3) is 0 Å². The molecule has 6 N–H and O–H groups in total. The number of carbonyl (C=O) groups excluding carboxylic acids is 6. The van der Waals surface area contributed by atoms with Crippen molar-refractivity contribution in [1.82, 2.24) is 36.5 Å². The van der Waals surface area contributed by atoms with Gasteiger partial charge >= 0.3 is 18.0 Å². The highest BCUT2D eigenvalue weighted by molar-refractivity contribution is 8.15. The minimum Gasteiger partial charge on any atom is -0.480 e. The maximum atomic E-state index is 14.2. The molecule has 1 aliphatic heterocycles. The molecule has 4 rings (SSSR count). The molecule has 2 aliphatic rings. The summed E-state index contributed by atoms with van der Waals surface area (Å²) in [6, 6.07) is 4.27. The Morgan fingerprint density at radius 2 is 1.55 bits per heavy atom. The molecule has 0 spiro atoms. The number of benzene rings is 1. The molecule has 1 aromatic carbocycles. The number of thiazole rings is 1. The standard InChI is InChI=1S/C44H62N8O10S2/c1-27(53)45-22-12-10-16-31(37(55)46-29-18-19-30-35(24-29)64-41(49-30)40-50-34(26-63-40)42(58)59)47-38(56)32(17-11-13-23-52(5)6)48-39(57)33(20-21-36(54)62-44(2,3)4)51-43(60)61-25-28-14-8-7-9-15-28/h7-9,14-15,18-19,29,31-34H,10-13,16-17,20-26H2,1-6H3,(H,45,53)(H,46,55)(H,47,56)(H,48,57)(H,51,60)(H,58,59)/t29?,31-,32-,33-,34+/m0/s1. The van der Waals surface area contributed by atoms with E-state index in [1.165, 1.54) is 30.0 Å². The van der Waals surface area contributed by atoms with E-state index in [2.05, 4.69) is 36.6 Å². The molecule has 0 saturated heterocycles. The Labute approximate surface area is 382 Å². The first-order valence-corrected chi connectivity index (χ1v) is 23.3. The highest BCUT2D eigenvalue weighted by atomic mass is 32.2. The fourth-order valence-electron chi connectivity index (χ4n) is 6.63. The third kappa shape index (κ3) is 18.0. The summed E-state index contributed by atoms with van der Waals surface area (Å²) in [7, 11) is 3.85. The van der Waals surface area contributed by atoms with E-state index in [4.69, 9.17) is 9.47 Å². The lowest BCUT2D eigenvalue weighted by Gasteiger charge is -2.27. The van der Waals surface area contributed by atoms with Crippen LogP contribution in [-0.2, 0) is 51.3 Å². The number of carboxylic acids is 1. The summed E-state index contributed by atoms with van der Waals surface area (Å²) in [6.07, 6.45) is 5.43. The van der Waals surface area contributed by atoms with Crippen LogP contribution in [0.4, 0.5) is 4.79 Å². The van der Waals surface area contributed by atoms with E-state index in [0.29, 0.717) is 60.1 Å². The van der Waals surface area contributed by atoms with Gasteiger partial charge in [0.15, 0.2) is 6.04 Å². The number of nitrogens with zero attached hydrogens (tertiary/aromatic N) is 3. The van der Waals surface area contributed by atoms with Crippen molar-refractivity contribution in [3.8, 4) is 0 Å². The van der Waals surface area contributed by atoms with Crippen LogP contribution in [0.5, 0.6) is 0 Å². The molecule has 0 saturated carbocycles. The van der Waals surface area contributed by atoms with E-state index in [9.17, 15) is 38.7 Å². The zero-order chi connectivity index (χ0) is 46.8. The van der Waals surface area contributed by atoms with Crippen LogP contribution in [0.15, 0.2) is 41.4 Å². The van der Waals surface area contributed by atoms with Gasteiger partial charge in [-0.1, -0.05) is 36.4 Å². The van der Waals surface area contributed by atoms with Crippen LogP contribution in [0.3, 0.4) is 0 Å². The molecule has 18 nitrogen and oxygen atoms in total. The molecule has 0 fully saturated rings. The molecule has 1 aromatic heterocycles. The number of rotatable bonds is 24. The number of aliphatic imine (C=N–C) groups is 1. The van der Waals surface area contributed by atoms with Gasteiger partial charge in [-0.15, -0.1) is 23.1 Å². The Morgan fingerprint density at radius 3 is 2.17 bits per heavy atom. The number of alkyl carbamates (subject to hydrolysis) is 1. The van der Waals surface area contributed by atoms with Gasteiger partial charge in [-0.05, 0) is 98.0 Å². The second-order valence-corrected chi connectivity index (χ2v) is 19.0. The molecule has 350 valence electrons. The lowest BCUT2D eigenvalue weighted by molar-refractivity contribution is -0.155. The molecule has 2 heterocycles. The minimum absolute atomic E-state index is 0.0643. The SMILES string of the molecule is CC(=O)NCCCC[C@H](NC(=O)[C@H](CCCCN(C)C)NC(=O)[C@H](CCC(=O)OC(C)(C)C)NC(=O)OCc1ccccc1)C(=O)NC1C=Cc2nc(C3=N[C@@H](C(=O)O)CS3)sc2C1. The summed E-state index contributed by atoms with van der Waals surface area (Å²) in [5.41, 5.74) is 0.662. The monoisotopic (exact) mass is 926 g/mol. The Bertz CT molecular complexity index is 2000. The normalized spacial score (nSPS) is 17.0. The van der Waals surface area contributed by atoms with E-state index >= 15 is 0 Å². The average Bonchev–Trinajstić information content (AvgIpc) is 3.90. The van der Waals surface area contributed by atoms with E-state index in [1.54, 1.807) is 51.1 Å². The fraction of sp³-hybridized carbons (Fsp3) is 0.568. The number of unbranched alkanes of at least 4 members (excludes halogenated alkanes) is 2. The number of amides is 5. The van der Waals surface area contributed by atoms with E-state index < -0.39 is 71.6 Å². The lowest BCUT2D eigenvalue weighted by atomic mass is 10.0. The van der Waals surface area contributed by atoms with Crippen molar-refractivity contribution >= 4 is 75.9 Å². The molecule has 20 heteroatoms. The zero-order valence-electron chi connectivity index (χ0n) is 37.4. The third-order valence-corrected chi connectivity index (χ3v) is 12.1. The Balaban J connectivity index is 1.50. The first-order valence-electron chi connectivity index (χ1n) is 21.5. The molecule has 0 radical (unpaired) electrons. The van der Waals surface area contributed by atoms with Crippen LogP contribution in [0.2, 0.25) is 0 Å². The molecular weight excluding hydrogens is 865 g/mol. The summed E-state index contributed by atoms with van der Waals surface area (Å²) < 4.78 is 10.8. The highest BCUT2D eigenvalue weighted by Crippen LogP contribution is 2.31. The smallest absolute Gasteiger partial charge is 0.408 e. The summed E-state index contributed by atoms with van der Waals surface area (Å²) in [5, 5.41) is 24.6. The number of ether oxygens (including phenoxy) is 2. The number of carbonyl (C=O) groups is 7. The van der Waals surface area contributed by atoms with Crippen molar-refractivity contribution < 1.29 is 48.1 Å². The number of thioether (sulfide) groups is 1. The molecular formula is C44H62N8O10S2. The number of carboxylic acid groups (broad SMARTS) is 1. The Hall–Kier alpha value is -5.34. The predicted molar refractivity (Wildman–Crippen MR) is 245 cm³/mol. The Morgan fingerprint density at radius 1 is 0.891 bits per heavy atom. The molecule has 64 heavy (non-hydrogen) atoms. The maximum absolute atomic E-state index is 14.2. The van der Waals surface area contributed by atoms with Gasteiger partial charge in [0, 0.05) is 36.9 Å². The third-order valence-electron chi connectivity index (χ3n) is 9.85. The number of nitrogens with one attached hydrogen (secondary N) is 5. The number of hydrogen-bond acceptors (Lipinski definition) is 14. The van der Waals surface area contributed by atoms with Gasteiger partial charge in [0.2, 0.25) is 23.6 Å². The topological polar surface area (TPSA) is 247 Å². The molecule has 5 amide bonds. The maximum Gasteiger partial charge on any atom is 0.408 e. The molecule has 2 aromatic rings. The summed E-state index contributed by atoms with van der Waals surface area (Å²) >= 11 is 2.73. The molecule has 1 unspecified atom stereocenters. The van der Waals surface area contributed by atoms with Crippen molar-refractivity contribution in [3.63, 3.8) is 0 Å². The predicted octanol–water partition coefficient (Wildman–Crippen LogP) is 3.57. The van der Waals surface area contributed by atoms with Gasteiger partial charge in [-0.25, -0.2) is 14.6 Å². The van der Waals surface area contributed by atoms with Crippen molar-refractivity contribution in [2.24, 2.45) is 4.99 Å². The number of aliphatic carboxylic acids is 1. The van der Waals surface area contributed by atoms with E-state index in [-0.39, 0.29) is 38.2 Å². The molecule has 0 bridgehead atoms. The van der Waals surface area contributed by atoms with Crippen LogP contribution in [0, 0.1) is 0 Å². The summed E-state index contributed by atoms with van der Waals surface area (Å²) in [5.74, 6) is -3.21. The fourth-order valence-corrected chi connectivity index (χ4v) is 8.84. The van der Waals surface area contributed by atoms with Crippen molar-refractivity contribution in [2.45, 2.75) is 128 Å². The van der Waals surface area contributed by atoms with Gasteiger partial charge in [0.1, 0.15) is 40.4 Å². The van der Waals surface area contributed by atoms with Crippen LogP contribution in [0.25, 0.3) is 6.08 Å². The van der Waals surface area contributed by atoms with Gasteiger partial charge in [-0.3, -0.25) is 29.0 Å². The zero-order valence-corrected chi connectivity index (χ0v) is 39.0. The largest absolute Gasteiger partial charge is 0.480 e. The van der Waals surface area contributed by atoms with Crippen molar-refractivity contribution in [1.29, 1.82) is 0 Å². The van der Waals surface area contributed by atoms with Crippen LogP contribution in [0.1, 0.15) is 100 Å². The van der Waals surface area contributed by atoms with E-state index in [1.807, 2.05) is 31.1 Å². The van der Waals surface area contributed by atoms with Crippen molar-refractivity contribution in [2.75, 3.05) is 32.9 Å². The quantitative estimate of drug-likeness (QED) is 0.0652. The lowest BCUT2D eigenvalue weighted by Crippen LogP contribution is -2.57. The van der Waals surface area contributed by atoms with Gasteiger partial charge in [-0.2, -0.15) is 0 Å². The summed E-state index contributed by atoms with van der Waals surface area (Å²) in [4.78, 5) is 103. The van der Waals surface area contributed by atoms with E-state index in [0.717, 1.165) is 17.0 Å². The van der Waals surface area contributed by atoms with Crippen LogP contribution < -0.4 is 26.6 Å². The first-order chi connectivity index (χ1) is 30.4. The number of aromatic nitrogens is 1. The average molecular weight is 927 g/mol.